The van der Waals surface area contributed by atoms with E-state index in [-0.39, 0.29) is 12.4 Å². The summed E-state index contributed by atoms with van der Waals surface area (Å²) in [5.74, 6) is 0.900. The van der Waals surface area contributed by atoms with Crippen molar-refractivity contribution in [2.24, 2.45) is 5.73 Å². The first-order chi connectivity index (χ1) is 10.2. The first-order valence-corrected chi connectivity index (χ1v) is 7.29. The normalized spacial score (nSPS) is 10.6. The molecule has 0 amide bonds. The van der Waals surface area contributed by atoms with Crippen LogP contribution in [0.1, 0.15) is 25.3 Å². The molecule has 5 nitrogen and oxygen atoms in total. The number of carbonyl (C=O) groups is 1. The molecule has 21 heavy (non-hydrogen) atoms. The van der Waals surface area contributed by atoms with Crippen LogP contribution in [-0.2, 0) is 20.8 Å². The number of ether oxygens (including phenoxy) is 3. The lowest BCUT2D eigenvalue weighted by Crippen LogP contribution is -2.08. The Morgan fingerprint density at radius 3 is 2.24 bits per heavy atom. The molecule has 0 unspecified atom stereocenters. The molecule has 1 aromatic carbocycles. The molecule has 0 aliphatic carbocycles. The molecular formula is C16H25NO4. The average molecular weight is 295 g/mol. The number of hydrogen-bond acceptors (Lipinski definition) is 5. The maximum atomic E-state index is 10.6. The maximum Gasteiger partial charge on any atom is 0.155 e. The van der Waals surface area contributed by atoms with Gasteiger partial charge in [0.2, 0.25) is 0 Å². The van der Waals surface area contributed by atoms with Crippen molar-refractivity contribution in [2.45, 2.75) is 26.3 Å². The van der Waals surface area contributed by atoms with Crippen molar-refractivity contribution in [2.75, 3.05) is 33.0 Å². The standard InChI is InChI=1S/C16H25NO4/c1-14(18)13-20-10-2-8-19-9-3-11-21-16-6-4-15(12-17)5-7-16/h4-7H,2-3,8-13,17H2,1H3. The Kier molecular flexibility index (Phi) is 9.44. The second-order valence-electron chi connectivity index (χ2n) is 4.77. The minimum absolute atomic E-state index is 0.0487. The van der Waals surface area contributed by atoms with Crippen LogP contribution in [0.4, 0.5) is 0 Å². The van der Waals surface area contributed by atoms with Crippen molar-refractivity contribution in [3.8, 4) is 5.75 Å². The van der Waals surface area contributed by atoms with Crippen LogP contribution < -0.4 is 10.5 Å². The number of ketones is 1. The molecule has 0 saturated carbocycles. The molecule has 0 aromatic heterocycles. The van der Waals surface area contributed by atoms with E-state index in [2.05, 4.69) is 0 Å². The zero-order chi connectivity index (χ0) is 15.3. The minimum Gasteiger partial charge on any atom is -0.494 e. The molecule has 1 rings (SSSR count). The van der Waals surface area contributed by atoms with Crippen molar-refractivity contribution in [1.82, 2.24) is 0 Å². The predicted molar refractivity (Wildman–Crippen MR) is 81.4 cm³/mol. The van der Waals surface area contributed by atoms with Crippen molar-refractivity contribution >= 4 is 5.78 Å². The molecule has 118 valence electrons. The van der Waals surface area contributed by atoms with E-state index in [9.17, 15) is 4.79 Å². The summed E-state index contributed by atoms with van der Waals surface area (Å²) >= 11 is 0. The molecular weight excluding hydrogens is 270 g/mol. The van der Waals surface area contributed by atoms with Crippen molar-refractivity contribution in [3.63, 3.8) is 0 Å². The van der Waals surface area contributed by atoms with Gasteiger partial charge in [0.1, 0.15) is 12.4 Å². The fourth-order valence-electron chi connectivity index (χ4n) is 1.65. The van der Waals surface area contributed by atoms with Crippen LogP contribution in [0.5, 0.6) is 5.75 Å². The quantitative estimate of drug-likeness (QED) is 0.597. The van der Waals surface area contributed by atoms with Gasteiger partial charge in [-0.2, -0.15) is 0 Å². The summed E-state index contributed by atoms with van der Waals surface area (Å²) in [6.07, 6.45) is 1.64. The molecule has 1 aromatic rings. The van der Waals surface area contributed by atoms with E-state index >= 15 is 0 Å². The van der Waals surface area contributed by atoms with Crippen LogP contribution in [0.3, 0.4) is 0 Å². The van der Waals surface area contributed by atoms with Gasteiger partial charge in [-0.1, -0.05) is 12.1 Å². The number of carbonyl (C=O) groups excluding carboxylic acids is 1. The molecule has 0 fully saturated rings. The Bertz CT molecular complexity index is 392. The largest absolute Gasteiger partial charge is 0.494 e. The molecule has 0 spiro atoms. The fraction of sp³-hybridized carbons (Fsp3) is 0.562. The van der Waals surface area contributed by atoms with Gasteiger partial charge >= 0.3 is 0 Å². The number of benzene rings is 1. The molecule has 0 saturated heterocycles. The SMILES string of the molecule is CC(=O)COCCCOCCCOc1ccc(CN)cc1. The van der Waals surface area contributed by atoms with E-state index in [0.717, 1.165) is 24.2 Å². The Morgan fingerprint density at radius 2 is 1.62 bits per heavy atom. The molecule has 5 heteroatoms. The van der Waals surface area contributed by atoms with E-state index in [4.69, 9.17) is 19.9 Å². The highest BCUT2D eigenvalue weighted by atomic mass is 16.5. The van der Waals surface area contributed by atoms with Gasteiger partial charge in [0.15, 0.2) is 5.78 Å². The van der Waals surface area contributed by atoms with Gasteiger partial charge in [0, 0.05) is 32.8 Å². The Morgan fingerprint density at radius 1 is 1.00 bits per heavy atom. The third kappa shape index (κ3) is 9.18. The van der Waals surface area contributed by atoms with Crippen LogP contribution in [-0.4, -0.2) is 38.8 Å². The molecule has 2 N–H and O–H groups in total. The number of rotatable bonds is 12. The van der Waals surface area contributed by atoms with Crippen molar-refractivity contribution in [1.29, 1.82) is 0 Å². The lowest BCUT2D eigenvalue weighted by molar-refractivity contribution is -0.121. The molecule has 0 aliphatic rings. The van der Waals surface area contributed by atoms with Gasteiger partial charge in [-0.05, 0) is 31.0 Å². The summed E-state index contributed by atoms with van der Waals surface area (Å²) in [7, 11) is 0. The Balaban J connectivity index is 1.91. The number of Topliss-reactive ketones (excluding diaryl/α,β-unsaturated/α-hetero) is 1. The molecule has 0 aliphatic heterocycles. The molecule has 0 radical (unpaired) electrons. The first-order valence-electron chi connectivity index (χ1n) is 7.29. The summed E-state index contributed by atoms with van der Waals surface area (Å²) in [5.41, 5.74) is 6.63. The van der Waals surface area contributed by atoms with Crippen molar-refractivity contribution < 1.29 is 19.0 Å². The van der Waals surface area contributed by atoms with Crippen molar-refractivity contribution in [3.05, 3.63) is 29.8 Å². The number of hydrogen-bond donors (Lipinski definition) is 1. The first kappa shape index (κ1) is 17.6. The number of nitrogens with two attached hydrogens (primary N) is 1. The topological polar surface area (TPSA) is 70.8 Å². The molecule has 0 bridgehead atoms. The predicted octanol–water partition coefficient (Wildman–Crippen LogP) is 1.93. The van der Waals surface area contributed by atoms with Gasteiger partial charge in [-0.25, -0.2) is 0 Å². The maximum absolute atomic E-state index is 10.6. The Labute approximate surface area is 126 Å². The van der Waals surface area contributed by atoms with Gasteiger partial charge in [0.25, 0.3) is 0 Å². The summed E-state index contributed by atoms with van der Waals surface area (Å²) in [4.78, 5) is 10.6. The van der Waals surface area contributed by atoms with Crippen LogP contribution in [0.25, 0.3) is 0 Å². The van der Waals surface area contributed by atoms with Gasteiger partial charge in [0.05, 0.1) is 6.61 Å². The zero-order valence-corrected chi connectivity index (χ0v) is 12.7. The van der Waals surface area contributed by atoms with Crippen LogP contribution in [0.2, 0.25) is 0 Å². The van der Waals surface area contributed by atoms with E-state index in [1.54, 1.807) is 0 Å². The van der Waals surface area contributed by atoms with E-state index in [1.807, 2.05) is 24.3 Å². The van der Waals surface area contributed by atoms with E-state index in [1.165, 1.54) is 6.92 Å². The summed E-state index contributed by atoms with van der Waals surface area (Å²) in [6.45, 7) is 4.74. The highest BCUT2D eigenvalue weighted by Crippen LogP contribution is 2.11. The lowest BCUT2D eigenvalue weighted by atomic mass is 10.2. The van der Waals surface area contributed by atoms with Gasteiger partial charge in [-0.3, -0.25) is 4.79 Å². The monoisotopic (exact) mass is 295 g/mol. The fourth-order valence-corrected chi connectivity index (χ4v) is 1.65. The highest BCUT2D eigenvalue weighted by Gasteiger charge is 1.96. The van der Waals surface area contributed by atoms with Gasteiger partial charge in [-0.15, -0.1) is 0 Å². The molecule has 0 atom stereocenters. The average Bonchev–Trinajstić information content (AvgIpc) is 2.49. The van der Waals surface area contributed by atoms with Crippen LogP contribution in [0, 0.1) is 0 Å². The van der Waals surface area contributed by atoms with Gasteiger partial charge < -0.3 is 19.9 Å². The third-order valence-electron chi connectivity index (χ3n) is 2.74. The second kappa shape index (κ2) is 11.3. The second-order valence-corrected chi connectivity index (χ2v) is 4.77. The van der Waals surface area contributed by atoms with E-state index < -0.39 is 0 Å². The summed E-state index contributed by atoms with van der Waals surface area (Å²) in [5, 5.41) is 0. The van der Waals surface area contributed by atoms with Crippen LogP contribution in [0.15, 0.2) is 24.3 Å². The third-order valence-corrected chi connectivity index (χ3v) is 2.74. The van der Waals surface area contributed by atoms with E-state index in [0.29, 0.717) is 33.0 Å². The minimum atomic E-state index is 0.0487. The Hall–Kier alpha value is -1.43. The summed E-state index contributed by atoms with van der Waals surface area (Å²) < 4.78 is 16.2. The smallest absolute Gasteiger partial charge is 0.155 e. The van der Waals surface area contributed by atoms with Crippen LogP contribution >= 0.6 is 0 Å². The lowest BCUT2D eigenvalue weighted by Gasteiger charge is -2.07. The zero-order valence-electron chi connectivity index (χ0n) is 12.7. The molecule has 0 heterocycles. The summed E-state index contributed by atoms with van der Waals surface area (Å²) in [6, 6.07) is 7.78. The highest BCUT2D eigenvalue weighted by molar-refractivity contribution is 5.76.